The lowest BCUT2D eigenvalue weighted by Gasteiger charge is -2.15. The average molecular weight is 280 g/mol. The van der Waals surface area contributed by atoms with Crippen LogP contribution in [-0.4, -0.2) is 21.1 Å². The Morgan fingerprint density at radius 2 is 2.22 bits per heavy atom. The molecule has 0 aliphatic carbocycles. The molecule has 2 nitrogen and oxygen atoms in total. The van der Waals surface area contributed by atoms with Gasteiger partial charge in [-0.2, -0.15) is 11.8 Å². The van der Waals surface area contributed by atoms with Gasteiger partial charge in [0.25, 0.3) is 0 Å². The number of thioether (sulfide) groups is 1. The van der Waals surface area contributed by atoms with E-state index in [-0.39, 0.29) is 0 Å². The number of imidazole rings is 1. The number of hydrogen-bond donors (Lipinski definition) is 1. The van der Waals surface area contributed by atoms with Crippen molar-refractivity contribution in [2.75, 3.05) is 11.5 Å². The van der Waals surface area contributed by atoms with Crippen LogP contribution in [0.5, 0.6) is 0 Å². The number of nitrogens with zero attached hydrogens (tertiary/aromatic N) is 1. The third-order valence-electron chi connectivity index (χ3n) is 3.26. The maximum absolute atomic E-state index is 5.47. The summed E-state index contributed by atoms with van der Waals surface area (Å²) >= 11 is 7.46. The summed E-state index contributed by atoms with van der Waals surface area (Å²) in [4.78, 5) is 3.31. The van der Waals surface area contributed by atoms with Crippen molar-refractivity contribution in [3.63, 3.8) is 0 Å². The maximum atomic E-state index is 5.47. The Morgan fingerprint density at radius 3 is 2.94 bits per heavy atom. The number of nitrogens with one attached hydrogen (secondary N) is 1. The van der Waals surface area contributed by atoms with Crippen LogP contribution >= 0.6 is 24.0 Å². The van der Waals surface area contributed by atoms with E-state index in [0.29, 0.717) is 6.04 Å². The van der Waals surface area contributed by atoms with Crippen molar-refractivity contribution < 1.29 is 0 Å². The SMILES string of the molecule is CCSCCC(C)n1c(=S)[nH]c2cccc(C)c21. The van der Waals surface area contributed by atoms with Gasteiger partial charge in [0.05, 0.1) is 11.0 Å². The molecule has 0 radical (unpaired) electrons. The van der Waals surface area contributed by atoms with E-state index >= 15 is 0 Å². The van der Waals surface area contributed by atoms with Crippen LogP contribution in [0.15, 0.2) is 18.2 Å². The predicted molar refractivity (Wildman–Crippen MR) is 84.2 cm³/mol. The summed E-state index contributed by atoms with van der Waals surface area (Å²) in [5.41, 5.74) is 3.70. The number of aromatic amines is 1. The lowest BCUT2D eigenvalue weighted by molar-refractivity contribution is 0.542. The molecular formula is C14H20N2S2. The molecule has 1 unspecified atom stereocenters. The molecule has 0 fully saturated rings. The van der Waals surface area contributed by atoms with Crippen LogP contribution < -0.4 is 0 Å². The molecule has 1 atom stereocenters. The lowest BCUT2D eigenvalue weighted by Crippen LogP contribution is -2.07. The molecule has 0 saturated carbocycles. The summed E-state index contributed by atoms with van der Waals surface area (Å²) in [5.74, 6) is 2.38. The highest BCUT2D eigenvalue weighted by Gasteiger charge is 2.12. The Balaban J connectivity index is 2.37. The molecular weight excluding hydrogens is 260 g/mol. The largest absolute Gasteiger partial charge is 0.331 e. The van der Waals surface area contributed by atoms with Crippen LogP contribution in [0.1, 0.15) is 31.9 Å². The monoisotopic (exact) mass is 280 g/mol. The molecule has 0 amide bonds. The molecule has 0 bridgehead atoms. The molecule has 0 aliphatic rings. The summed E-state index contributed by atoms with van der Waals surface area (Å²) in [6.07, 6.45) is 1.16. The molecule has 2 rings (SSSR count). The molecule has 0 spiro atoms. The van der Waals surface area contributed by atoms with E-state index in [0.717, 1.165) is 16.7 Å². The highest BCUT2D eigenvalue weighted by atomic mass is 32.2. The van der Waals surface area contributed by atoms with Crippen molar-refractivity contribution in [1.29, 1.82) is 0 Å². The minimum atomic E-state index is 0.450. The molecule has 1 aromatic heterocycles. The molecule has 98 valence electrons. The van der Waals surface area contributed by atoms with Gasteiger partial charge in [-0.15, -0.1) is 0 Å². The number of para-hydroxylation sites is 1. The smallest absolute Gasteiger partial charge is 0.178 e. The number of fused-ring (bicyclic) bond motifs is 1. The average Bonchev–Trinajstić information content (AvgIpc) is 2.67. The number of H-pyrrole nitrogens is 1. The highest BCUT2D eigenvalue weighted by Crippen LogP contribution is 2.24. The molecule has 0 saturated heterocycles. The zero-order valence-corrected chi connectivity index (χ0v) is 12.8. The van der Waals surface area contributed by atoms with Crippen molar-refractivity contribution in [3.05, 3.63) is 28.5 Å². The first kappa shape index (κ1) is 13.7. The quantitative estimate of drug-likeness (QED) is 0.632. The second-order valence-electron chi connectivity index (χ2n) is 4.61. The summed E-state index contributed by atoms with van der Waals surface area (Å²) in [6.45, 7) is 6.61. The minimum Gasteiger partial charge on any atom is -0.331 e. The summed E-state index contributed by atoms with van der Waals surface area (Å²) in [6, 6.07) is 6.77. The van der Waals surface area contributed by atoms with Crippen molar-refractivity contribution in [2.24, 2.45) is 0 Å². The number of aryl methyl sites for hydroxylation is 1. The van der Waals surface area contributed by atoms with Gasteiger partial charge < -0.3 is 9.55 Å². The van der Waals surface area contributed by atoms with Gasteiger partial charge in [-0.25, -0.2) is 0 Å². The van der Waals surface area contributed by atoms with E-state index in [1.54, 1.807) is 0 Å². The zero-order chi connectivity index (χ0) is 13.1. The number of rotatable bonds is 5. The van der Waals surface area contributed by atoms with Gasteiger partial charge in [-0.3, -0.25) is 0 Å². The Labute approximate surface area is 118 Å². The molecule has 1 heterocycles. The minimum absolute atomic E-state index is 0.450. The normalized spacial score (nSPS) is 13.1. The van der Waals surface area contributed by atoms with Crippen molar-refractivity contribution in [3.8, 4) is 0 Å². The Bertz CT molecular complexity index is 583. The van der Waals surface area contributed by atoms with Gasteiger partial charge in [-0.05, 0) is 55.6 Å². The van der Waals surface area contributed by atoms with Crippen molar-refractivity contribution in [2.45, 2.75) is 33.2 Å². The van der Waals surface area contributed by atoms with Crippen LogP contribution in [0.3, 0.4) is 0 Å². The zero-order valence-electron chi connectivity index (χ0n) is 11.2. The van der Waals surface area contributed by atoms with E-state index in [4.69, 9.17) is 12.2 Å². The third-order valence-corrected chi connectivity index (χ3v) is 4.50. The predicted octanol–water partition coefficient (Wildman–Crippen LogP) is 4.71. The van der Waals surface area contributed by atoms with Gasteiger partial charge in [-0.1, -0.05) is 19.1 Å². The fraction of sp³-hybridized carbons (Fsp3) is 0.500. The second kappa shape index (κ2) is 5.93. The van der Waals surface area contributed by atoms with E-state index in [1.165, 1.54) is 22.6 Å². The standard InChI is InChI=1S/C14H20N2S2/c1-4-18-9-8-11(3)16-13-10(2)6-5-7-12(13)15-14(16)17/h5-7,11H,4,8-9H2,1-3H3,(H,15,17). The summed E-state index contributed by atoms with van der Waals surface area (Å²) in [7, 11) is 0. The van der Waals surface area contributed by atoms with Crippen LogP contribution in [0, 0.1) is 11.7 Å². The van der Waals surface area contributed by atoms with Gasteiger partial charge in [0.15, 0.2) is 4.77 Å². The van der Waals surface area contributed by atoms with Crippen molar-refractivity contribution >= 4 is 35.0 Å². The van der Waals surface area contributed by atoms with E-state index in [2.05, 4.69) is 48.5 Å². The first-order chi connectivity index (χ1) is 8.65. The van der Waals surface area contributed by atoms with E-state index in [9.17, 15) is 0 Å². The van der Waals surface area contributed by atoms with Crippen LogP contribution in [0.4, 0.5) is 0 Å². The number of aromatic nitrogens is 2. The van der Waals surface area contributed by atoms with Crippen LogP contribution in [0.25, 0.3) is 11.0 Å². The van der Waals surface area contributed by atoms with Crippen molar-refractivity contribution in [1.82, 2.24) is 9.55 Å². The Kier molecular flexibility index (Phi) is 4.51. The summed E-state index contributed by atoms with van der Waals surface area (Å²) in [5, 5.41) is 0. The fourth-order valence-corrected chi connectivity index (χ4v) is 3.48. The van der Waals surface area contributed by atoms with Gasteiger partial charge in [0, 0.05) is 6.04 Å². The maximum Gasteiger partial charge on any atom is 0.178 e. The van der Waals surface area contributed by atoms with E-state index in [1.807, 2.05) is 11.8 Å². The number of hydrogen-bond acceptors (Lipinski definition) is 2. The fourth-order valence-electron chi connectivity index (χ4n) is 2.30. The first-order valence-corrected chi connectivity index (χ1v) is 7.99. The molecule has 18 heavy (non-hydrogen) atoms. The molecule has 4 heteroatoms. The molecule has 1 N–H and O–H groups in total. The second-order valence-corrected chi connectivity index (χ2v) is 6.39. The van der Waals surface area contributed by atoms with Gasteiger partial charge in [0.2, 0.25) is 0 Å². The van der Waals surface area contributed by atoms with Gasteiger partial charge in [0.1, 0.15) is 0 Å². The Hall–Kier alpha value is -0.740. The highest BCUT2D eigenvalue weighted by molar-refractivity contribution is 7.99. The van der Waals surface area contributed by atoms with Crippen LogP contribution in [-0.2, 0) is 0 Å². The third kappa shape index (κ3) is 2.64. The molecule has 2 aromatic rings. The van der Waals surface area contributed by atoms with Crippen LogP contribution in [0.2, 0.25) is 0 Å². The molecule has 1 aromatic carbocycles. The van der Waals surface area contributed by atoms with Gasteiger partial charge >= 0.3 is 0 Å². The topological polar surface area (TPSA) is 20.7 Å². The summed E-state index contributed by atoms with van der Waals surface area (Å²) < 4.78 is 3.12. The Morgan fingerprint density at radius 1 is 1.44 bits per heavy atom. The number of benzene rings is 1. The van der Waals surface area contributed by atoms with E-state index < -0.39 is 0 Å². The first-order valence-electron chi connectivity index (χ1n) is 6.42. The lowest BCUT2D eigenvalue weighted by atomic mass is 10.2. The molecule has 0 aliphatic heterocycles.